The van der Waals surface area contributed by atoms with Crippen molar-refractivity contribution in [2.45, 2.75) is 19.3 Å². The van der Waals surface area contributed by atoms with E-state index < -0.39 is 10.9 Å². The summed E-state index contributed by atoms with van der Waals surface area (Å²) in [6, 6.07) is 2.57. The van der Waals surface area contributed by atoms with Crippen molar-refractivity contribution >= 4 is 40.5 Å². The second-order valence-corrected chi connectivity index (χ2v) is 5.86. The number of benzene rings is 1. The van der Waals surface area contributed by atoms with Gasteiger partial charge in [-0.15, -0.1) is 0 Å². The van der Waals surface area contributed by atoms with Gasteiger partial charge in [-0.25, -0.2) is 0 Å². The molecule has 1 saturated heterocycles. The van der Waals surface area contributed by atoms with Crippen molar-refractivity contribution in [3.05, 3.63) is 32.3 Å². The molecule has 21 heavy (non-hydrogen) atoms. The van der Waals surface area contributed by atoms with Crippen LogP contribution in [0.4, 0.5) is 11.4 Å². The van der Waals surface area contributed by atoms with Crippen molar-refractivity contribution in [3.8, 4) is 0 Å². The van der Waals surface area contributed by atoms with Crippen molar-refractivity contribution in [2.24, 2.45) is 5.92 Å². The normalized spacial score (nSPS) is 16.0. The number of non-ortho nitro benzene ring substituents is 1. The van der Waals surface area contributed by atoms with Gasteiger partial charge in [-0.2, -0.15) is 0 Å². The Morgan fingerprint density at radius 3 is 2.29 bits per heavy atom. The Balaban J connectivity index is 2.13. The van der Waals surface area contributed by atoms with Crippen LogP contribution in [0.2, 0.25) is 10.0 Å². The second-order valence-electron chi connectivity index (χ2n) is 5.04. The number of hydrogen-bond donors (Lipinski definition) is 1. The first kappa shape index (κ1) is 15.9. The lowest BCUT2D eigenvalue weighted by atomic mass is 9.93. The van der Waals surface area contributed by atoms with E-state index >= 15 is 0 Å². The molecule has 0 amide bonds. The summed E-state index contributed by atoms with van der Waals surface area (Å²) < 4.78 is 0. The van der Waals surface area contributed by atoms with Gasteiger partial charge in [0.25, 0.3) is 5.69 Å². The van der Waals surface area contributed by atoms with Gasteiger partial charge < -0.3 is 10.0 Å². The highest BCUT2D eigenvalue weighted by Crippen LogP contribution is 2.39. The minimum Gasteiger partial charge on any atom is -0.481 e. The lowest BCUT2D eigenvalue weighted by Crippen LogP contribution is -2.34. The molecule has 1 fully saturated rings. The second kappa shape index (κ2) is 6.49. The molecule has 0 bridgehead atoms. The van der Waals surface area contributed by atoms with E-state index in [4.69, 9.17) is 28.3 Å². The molecule has 2 rings (SSSR count). The molecule has 0 unspecified atom stereocenters. The summed E-state index contributed by atoms with van der Waals surface area (Å²) in [5.74, 6) is -0.644. The summed E-state index contributed by atoms with van der Waals surface area (Å²) in [5, 5.41) is 20.0. The summed E-state index contributed by atoms with van der Waals surface area (Å²) in [5.41, 5.74) is 0.437. The molecule has 1 heterocycles. The molecule has 1 N–H and O–H groups in total. The van der Waals surface area contributed by atoms with Crippen LogP contribution in [0.1, 0.15) is 19.3 Å². The minimum absolute atomic E-state index is 0.144. The van der Waals surface area contributed by atoms with Gasteiger partial charge in [0, 0.05) is 31.6 Å². The largest absolute Gasteiger partial charge is 0.481 e. The van der Waals surface area contributed by atoms with Crippen LogP contribution in [0.3, 0.4) is 0 Å². The average molecular weight is 333 g/mol. The molecule has 1 aromatic carbocycles. The molecule has 0 atom stereocenters. The van der Waals surface area contributed by atoms with Crippen LogP contribution in [0.25, 0.3) is 0 Å². The predicted molar refractivity (Wildman–Crippen MR) is 80.3 cm³/mol. The van der Waals surface area contributed by atoms with E-state index in [9.17, 15) is 14.9 Å². The number of carboxylic acid groups (broad SMARTS) is 1. The molecular weight excluding hydrogens is 319 g/mol. The molecule has 0 saturated carbocycles. The maximum absolute atomic E-state index is 10.8. The number of nitro benzene ring substituents is 1. The smallest absolute Gasteiger partial charge is 0.303 e. The van der Waals surface area contributed by atoms with Gasteiger partial charge in [-0.05, 0) is 18.8 Å². The molecule has 0 aromatic heterocycles. The van der Waals surface area contributed by atoms with Crippen LogP contribution >= 0.6 is 23.2 Å². The fraction of sp³-hybridized carbons (Fsp3) is 0.462. The monoisotopic (exact) mass is 332 g/mol. The maximum atomic E-state index is 10.8. The van der Waals surface area contributed by atoms with Crippen molar-refractivity contribution < 1.29 is 14.8 Å². The Morgan fingerprint density at radius 1 is 1.33 bits per heavy atom. The number of hydrogen-bond acceptors (Lipinski definition) is 4. The highest BCUT2D eigenvalue weighted by Gasteiger charge is 2.25. The van der Waals surface area contributed by atoms with Gasteiger partial charge in [0.2, 0.25) is 0 Å². The minimum atomic E-state index is -0.792. The first-order chi connectivity index (χ1) is 9.88. The van der Waals surface area contributed by atoms with E-state index in [1.54, 1.807) is 0 Å². The van der Waals surface area contributed by atoms with Crippen molar-refractivity contribution in [3.63, 3.8) is 0 Å². The van der Waals surface area contributed by atoms with Gasteiger partial charge in [0.05, 0.1) is 20.7 Å². The molecule has 1 aromatic rings. The Morgan fingerprint density at radius 2 is 1.86 bits per heavy atom. The van der Waals surface area contributed by atoms with Gasteiger partial charge >= 0.3 is 5.97 Å². The van der Waals surface area contributed by atoms with Gasteiger partial charge in [0.15, 0.2) is 0 Å². The maximum Gasteiger partial charge on any atom is 0.303 e. The van der Waals surface area contributed by atoms with Crippen molar-refractivity contribution in [1.29, 1.82) is 0 Å². The number of carbonyl (C=O) groups is 1. The molecule has 0 aliphatic carbocycles. The zero-order valence-corrected chi connectivity index (χ0v) is 12.6. The van der Waals surface area contributed by atoms with Crippen LogP contribution < -0.4 is 4.90 Å². The van der Waals surface area contributed by atoms with Gasteiger partial charge in [-0.3, -0.25) is 14.9 Å². The Kier molecular flexibility index (Phi) is 4.90. The van der Waals surface area contributed by atoms with Crippen LogP contribution in [-0.2, 0) is 4.79 Å². The quantitative estimate of drug-likeness (QED) is 0.672. The molecule has 114 valence electrons. The number of anilines is 1. The van der Waals surface area contributed by atoms with Crippen LogP contribution in [0, 0.1) is 16.0 Å². The molecule has 1 aliphatic rings. The summed E-state index contributed by atoms with van der Waals surface area (Å²) in [6.07, 6.45) is 1.63. The first-order valence-corrected chi connectivity index (χ1v) is 7.24. The van der Waals surface area contributed by atoms with E-state index in [-0.39, 0.29) is 28.1 Å². The number of halogens is 2. The predicted octanol–water partition coefficient (Wildman–Crippen LogP) is 3.59. The number of piperidine rings is 1. The number of aliphatic carboxylic acids is 1. The molecule has 6 nitrogen and oxygen atoms in total. The molecule has 1 aliphatic heterocycles. The lowest BCUT2D eigenvalue weighted by Gasteiger charge is -2.34. The molecular formula is C13H14Cl2N2O4. The SMILES string of the molecule is O=C(O)CC1CCN(c2c(Cl)cc([N+](=O)[O-])cc2Cl)CC1. The molecule has 8 heteroatoms. The zero-order valence-electron chi connectivity index (χ0n) is 11.1. The summed E-state index contributed by atoms with van der Waals surface area (Å²) in [4.78, 5) is 22.9. The highest BCUT2D eigenvalue weighted by atomic mass is 35.5. The Bertz CT molecular complexity index is 548. The fourth-order valence-corrected chi connectivity index (χ4v) is 3.28. The van der Waals surface area contributed by atoms with E-state index in [0.717, 1.165) is 12.8 Å². The number of rotatable bonds is 4. The third-order valence-corrected chi connectivity index (χ3v) is 4.18. The first-order valence-electron chi connectivity index (χ1n) is 6.48. The summed E-state index contributed by atoms with van der Waals surface area (Å²) in [7, 11) is 0. The Labute approximate surface area is 131 Å². The van der Waals surface area contributed by atoms with Crippen molar-refractivity contribution in [2.75, 3.05) is 18.0 Å². The number of nitro groups is 1. The van der Waals surface area contributed by atoms with Gasteiger partial charge in [0.1, 0.15) is 0 Å². The highest BCUT2D eigenvalue weighted by molar-refractivity contribution is 6.39. The van der Waals surface area contributed by atoms with Gasteiger partial charge in [-0.1, -0.05) is 23.2 Å². The zero-order chi connectivity index (χ0) is 15.6. The Hall–Kier alpha value is -1.53. The summed E-state index contributed by atoms with van der Waals surface area (Å²) >= 11 is 12.2. The van der Waals surface area contributed by atoms with E-state index in [2.05, 4.69) is 0 Å². The average Bonchev–Trinajstić information content (AvgIpc) is 2.39. The number of carboxylic acids is 1. The van der Waals surface area contributed by atoms with E-state index in [1.807, 2.05) is 4.90 Å². The third kappa shape index (κ3) is 3.77. The third-order valence-electron chi connectivity index (χ3n) is 3.61. The summed E-state index contributed by atoms with van der Waals surface area (Å²) in [6.45, 7) is 1.27. The van der Waals surface area contributed by atoms with Crippen LogP contribution in [0.5, 0.6) is 0 Å². The van der Waals surface area contributed by atoms with E-state index in [0.29, 0.717) is 18.8 Å². The van der Waals surface area contributed by atoms with Crippen LogP contribution in [-0.4, -0.2) is 29.1 Å². The van der Waals surface area contributed by atoms with E-state index in [1.165, 1.54) is 12.1 Å². The lowest BCUT2D eigenvalue weighted by molar-refractivity contribution is -0.384. The molecule has 0 spiro atoms. The number of nitrogens with zero attached hydrogens (tertiary/aromatic N) is 2. The van der Waals surface area contributed by atoms with Crippen LogP contribution in [0.15, 0.2) is 12.1 Å². The molecule has 0 radical (unpaired) electrons. The van der Waals surface area contributed by atoms with Crippen molar-refractivity contribution in [1.82, 2.24) is 0 Å². The fourth-order valence-electron chi connectivity index (χ4n) is 2.57. The standard InChI is InChI=1S/C13H14Cl2N2O4/c14-10-6-9(17(20)21)7-11(15)13(10)16-3-1-8(2-4-16)5-12(18)19/h6-8H,1-5H2,(H,18,19). The topological polar surface area (TPSA) is 83.7 Å².